The third-order valence-electron chi connectivity index (χ3n) is 4.10. The van der Waals surface area contributed by atoms with Crippen molar-refractivity contribution in [3.05, 3.63) is 29.3 Å². The van der Waals surface area contributed by atoms with Gasteiger partial charge in [-0.3, -0.25) is 0 Å². The summed E-state index contributed by atoms with van der Waals surface area (Å²) in [5.74, 6) is 0.845. The van der Waals surface area contributed by atoms with Gasteiger partial charge in [-0.2, -0.15) is 0 Å². The average molecular weight is 332 g/mol. The summed E-state index contributed by atoms with van der Waals surface area (Å²) in [4.78, 5) is 1.87. The van der Waals surface area contributed by atoms with E-state index in [0.29, 0.717) is 11.6 Å². The first-order valence-corrected chi connectivity index (χ1v) is 9.42. The summed E-state index contributed by atoms with van der Waals surface area (Å²) in [5.41, 5.74) is 0. The number of halogens is 1. The van der Waals surface area contributed by atoms with Crippen LogP contribution >= 0.6 is 11.6 Å². The molecule has 1 aliphatic rings. The molecular weight excluding hydrogens is 308 g/mol. The molecule has 0 saturated carbocycles. The molecule has 0 atom stereocenters. The van der Waals surface area contributed by atoms with E-state index in [1.165, 1.54) is 38.1 Å². The van der Waals surface area contributed by atoms with E-state index in [2.05, 4.69) is 11.6 Å². The molecule has 0 unspecified atom stereocenters. The first kappa shape index (κ1) is 16.7. The predicted octanol–water partition coefficient (Wildman–Crippen LogP) is 1.32. The van der Waals surface area contributed by atoms with Crippen LogP contribution in [0.4, 0.5) is 0 Å². The number of piperidine rings is 1. The van der Waals surface area contributed by atoms with E-state index >= 15 is 0 Å². The van der Waals surface area contributed by atoms with Gasteiger partial charge in [0, 0.05) is 18.0 Å². The van der Waals surface area contributed by atoms with Gasteiger partial charge in [0.2, 0.25) is 10.0 Å². The molecule has 2 rings (SSSR count). The van der Waals surface area contributed by atoms with E-state index in [1.807, 2.05) is 0 Å². The summed E-state index contributed by atoms with van der Waals surface area (Å²) in [5, 5.41) is 0.539. The van der Waals surface area contributed by atoms with Gasteiger partial charge >= 0.3 is 0 Å². The van der Waals surface area contributed by atoms with Gasteiger partial charge in [-0.15, -0.1) is 0 Å². The van der Waals surface area contributed by atoms with Crippen LogP contribution in [-0.2, 0) is 10.0 Å². The van der Waals surface area contributed by atoms with Crippen molar-refractivity contribution in [2.75, 3.05) is 26.2 Å². The van der Waals surface area contributed by atoms with Crippen LogP contribution in [0.25, 0.3) is 0 Å². The highest BCUT2D eigenvalue weighted by Gasteiger charge is 2.18. The number of sulfonamides is 1. The number of benzene rings is 1. The third kappa shape index (κ3) is 5.25. The Morgan fingerprint density at radius 3 is 2.48 bits per heavy atom. The zero-order chi connectivity index (χ0) is 15.3. The van der Waals surface area contributed by atoms with E-state index in [1.54, 1.807) is 17.0 Å². The lowest BCUT2D eigenvalue weighted by Gasteiger charge is -2.27. The number of rotatable bonds is 6. The molecule has 1 aromatic rings. The molecule has 1 aliphatic heterocycles. The molecule has 1 fully saturated rings. The quantitative estimate of drug-likeness (QED) is 0.773. The highest BCUT2D eigenvalue weighted by Crippen LogP contribution is 2.13. The Kier molecular flexibility index (Phi) is 6.05. The van der Waals surface area contributed by atoms with E-state index in [-0.39, 0.29) is 4.90 Å². The van der Waals surface area contributed by atoms with Crippen LogP contribution in [0.1, 0.15) is 26.2 Å². The van der Waals surface area contributed by atoms with Crippen LogP contribution in [0.3, 0.4) is 0 Å². The van der Waals surface area contributed by atoms with Gasteiger partial charge in [0.1, 0.15) is 0 Å². The van der Waals surface area contributed by atoms with Crippen LogP contribution < -0.4 is 9.62 Å². The maximum Gasteiger partial charge on any atom is 0.240 e. The van der Waals surface area contributed by atoms with Crippen LogP contribution in [0.2, 0.25) is 5.02 Å². The normalized spacial score (nSPS) is 23.1. The SMILES string of the molecule is CC1CC[NH+](CCCNS(=O)(=O)c2ccc(Cl)cc2)CC1. The number of hydrogen-bond donors (Lipinski definition) is 2. The summed E-state index contributed by atoms with van der Waals surface area (Å²) < 4.78 is 26.8. The molecule has 0 aromatic heterocycles. The number of nitrogens with one attached hydrogen (secondary N) is 2. The second-order valence-corrected chi connectivity index (χ2v) is 8.09. The molecule has 0 bridgehead atoms. The second kappa shape index (κ2) is 7.58. The van der Waals surface area contributed by atoms with Crippen LogP contribution in [0.5, 0.6) is 0 Å². The summed E-state index contributed by atoms with van der Waals surface area (Å²) >= 11 is 5.77. The van der Waals surface area contributed by atoms with Crippen LogP contribution in [-0.4, -0.2) is 34.6 Å². The van der Waals surface area contributed by atoms with Gasteiger partial charge < -0.3 is 4.90 Å². The van der Waals surface area contributed by atoms with Crippen LogP contribution in [0.15, 0.2) is 29.2 Å². The predicted molar refractivity (Wildman–Crippen MR) is 85.2 cm³/mol. The molecule has 21 heavy (non-hydrogen) atoms. The monoisotopic (exact) mass is 331 g/mol. The van der Waals surface area contributed by atoms with Gasteiger partial charge in [0.15, 0.2) is 0 Å². The topological polar surface area (TPSA) is 50.6 Å². The molecule has 1 aromatic carbocycles. The lowest BCUT2D eigenvalue weighted by atomic mass is 9.99. The lowest BCUT2D eigenvalue weighted by molar-refractivity contribution is -0.906. The first-order valence-electron chi connectivity index (χ1n) is 7.56. The minimum Gasteiger partial charge on any atom is -0.335 e. The highest BCUT2D eigenvalue weighted by molar-refractivity contribution is 7.89. The Morgan fingerprint density at radius 2 is 1.86 bits per heavy atom. The molecule has 0 amide bonds. The van der Waals surface area contributed by atoms with Crippen molar-refractivity contribution in [2.45, 2.75) is 31.1 Å². The summed E-state index contributed by atoms with van der Waals surface area (Å²) in [6.07, 6.45) is 3.44. The average Bonchev–Trinajstić information content (AvgIpc) is 2.46. The Hall–Kier alpha value is -0.620. The smallest absolute Gasteiger partial charge is 0.240 e. The summed E-state index contributed by atoms with van der Waals surface area (Å²) in [6, 6.07) is 6.24. The van der Waals surface area contributed by atoms with Gasteiger partial charge in [0.05, 0.1) is 24.5 Å². The lowest BCUT2D eigenvalue weighted by Crippen LogP contribution is -3.13. The minimum absolute atomic E-state index is 0.269. The molecule has 4 nitrogen and oxygen atoms in total. The van der Waals surface area contributed by atoms with Gasteiger partial charge in [-0.05, 0) is 43.0 Å². The van der Waals surface area contributed by atoms with Crippen molar-refractivity contribution in [1.82, 2.24) is 4.72 Å². The number of hydrogen-bond acceptors (Lipinski definition) is 2. The molecule has 2 N–H and O–H groups in total. The fourth-order valence-electron chi connectivity index (χ4n) is 2.66. The maximum atomic E-state index is 12.1. The Morgan fingerprint density at radius 1 is 1.24 bits per heavy atom. The molecule has 1 saturated heterocycles. The van der Waals surface area contributed by atoms with Crippen molar-refractivity contribution in [3.8, 4) is 0 Å². The molecule has 118 valence electrons. The Labute approximate surface area is 132 Å². The maximum absolute atomic E-state index is 12.1. The van der Waals surface area contributed by atoms with Crippen molar-refractivity contribution >= 4 is 21.6 Å². The van der Waals surface area contributed by atoms with Crippen LogP contribution in [0, 0.1) is 5.92 Å². The van der Waals surface area contributed by atoms with E-state index < -0.39 is 10.0 Å². The summed E-state index contributed by atoms with van der Waals surface area (Å²) in [6.45, 7) is 6.26. The molecule has 0 spiro atoms. The third-order valence-corrected chi connectivity index (χ3v) is 5.83. The van der Waals surface area contributed by atoms with Crippen molar-refractivity contribution < 1.29 is 13.3 Å². The van der Waals surface area contributed by atoms with E-state index in [4.69, 9.17) is 11.6 Å². The Balaban J connectivity index is 1.73. The van der Waals surface area contributed by atoms with Crippen molar-refractivity contribution in [2.24, 2.45) is 5.92 Å². The fraction of sp³-hybridized carbons (Fsp3) is 0.600. The molecule has 6 heteroatoms. The molecule has 1 heterocycles. The number of quaternary nitrogens is 1. The van der Waals surface area contributed by atoms with Crippen molar-refractivity contribution in [1.29, 1.82) is 0 Å². The fourth-order valence-corrected chi connectivity index (χ4v) is 3.86. The zero-order valence-electron chi connectivity index (χ0n) is 12.4. The van der Waals surface area contributed by atoms with Gasteiger partial charge in [-0.1, -0.05) is 18.5 Å². The minimum atomic E-state index is -3.41. The first-order chi connectivity index (χ1) is 9.97. The Bertz CT molecular complexity index is 537. The largest absolute Gasteiger partial charge is 0.335 e. The highest BCUT2D eigenvalue weighted by atomic mass is 35.5. The van der Waals surface area contributed by atoms with Gasteiger partial charge in [-0.25, -0.2) is 13.1 Å². The van der Waals surface area contributed by atoms with Gasteiger partial charge in [0.25, 0.3) is 0 Å². The zero-order valence-corrected chi connectivity index (χ0v) is 14.0. The number of likely N-dealkylation sites (tertiary alicyclic amines) is 1. The second-order valence-electron chi connectivity index (χ2n) is 5.89. The summed E-state index contributed by atoms with van der Waals surface area (Å²) in [7, 11) is -3.41. The van der Waals surface area contributed by atoms with E-state index in [9.17, 15) is 8.42 Å². The van der Waals surface area contributed by atoms with E-state index in [0.717, 1.165) is 18.9 Å². The molecular formula is C15H24ClN2O2S+. The standard InChI is InChI=1S/C15H23ClN2O2S/c1-13-7-11-18(12-8-13)10-2-9-17-21(19,20)15-5-3-14(16)4-6-15/h3-6,13,17H,2,7-12H2,1H3/p+1. The molecule has 0 aliphatic carbocycles. The van der Waals surface area contributed by atoms with Crippen molar-refractivity contribution in [3.63, 3.8) is 0 Å². The molecule has 0 radical (unpaired) electrons.